The van der Waals surface area contributed by atoms with Gasteiger partial charge in [-0.25, -0.2) is 0 Å². The Labute approximate surface area is 128 Å². The van der Waals surface area contributed by atoms with Crippen LogP contribution in [0.3, 0.4) is 0 Å². The van der Waals surface area contributed by atoms with Crippen LogP contribution in [0.2, 0.25) is 5.02 Å². The van der Waals surface area contributed by atoms with Gasteiger partial charge in [-0.3, -0.25) is 4.90 Å². The first-order chi connectivity index (χ1) is 9.20. The van der Waals surface area contributed by atoms with E-state index in [9.17, 15) is 0 Å². The topological polar surface area (TPSA) is 68.2 Å². The Balaban J connectivity index is 0.00000147. The van der Waals surface area contributed by atoms with Gasteiger partial charge in [-0.15, -0.1) is 12.4 Å². The molecule has 0 aliphatic carbocycles. The van der Waals surface area contributed by atoms with Crippen LogP contribution in [-0.4, -0.2) is 34.2 Å². The third-order valence-electron chi connectivity index (χ3n) is 3.24. The zero-order chi connectivity index (χ0) is 13.2. The Morgan fingerprint density at radius 2 is 2.10 bits per heavy atom. The van der Waals surface area contributed by atoms with E-state index in [-0.39, 0.29) is 18.4 Å². The average Bonchev–Trinajstić information content (AvgIpc) is 3.00. The SMILES string of the molecule is Cl.NC1CCN(Cc2nc(-c3ccc(Cl)cc3)no2)C1. The average molecular weight is 315 g/mol. The summed E-state index contributed by atoms with van der Waals surface area (Å²) in [6.45, 7) is 2.53. The van der Waals surface area contributed by atoms with Crippen LogP contribution in [-0.2, 0) is 6.54 Å². The van der Waals surface area contributed by atoms with E-state index in [0.717, 1.165) is 25.1 Å². The predicted octanol–water partition coefficient (Wildman–Crippen LogP) is 2.34. The van der Waals surface area contributed by atoms with Crippen LogP contribution in [0.4, 0.5) is 0 Å². The van der Waals surface area contributed by atoms with E-state index < -0.39 is 0 Å². The minimum atomic E-state index is 0. The van der Waals surface area contributed by atoms with Gasteiger partial charge in [-0.05, 0) is 30.7 Å². The number of likely N-dealkylation sites (tertiary alicyclic amines) is 1. The van der Waals surface area contributed by atoms with Crippen molar-refractivity contribution in [3.8, 4) is 11.4 Å². The molecule has 1 aromatic heterocycles. The van der Waals surface area contributed by atoms with Gasteiger partial charge in [0.05, 0.1) is 6.54 Å². The molecule has 1 fully saturated rings. The molecule has 5 nitrogen and oxygen atoms in total. The van der Waals surface area contributed by atoms with E-state index in [4.69, 9.17) is 21.9 Å². The molecule has 108 valence electrons. The van der Waals surface area contributed by atoms with Crippen LogP contribution >= 0.6 is 24.0 Å². The van der Waals surface area contributed by atoms with Gasteiger partial charge in [0.2, 0.25) is 11.7 Å². The molecular formula is C13H16Cl2N4O. The summed E-state index contributed by atoms with van der Waals surface area (Å²) in [6, 6.07) is 7.64. The molecule has 20 heavy (non-hydrogen) atoms. The molecule has 7 heteroatoms. The lowest BCUT2D eigenvalue weighted by molar-refractivity contribution is 0.265. The first kappa shape index (κ1) is 15.3. The monoisotopic (exact) mass is 314 g/mol. The van der Waals surface area contributed by atoms with Gasteiger partial charge in [-0.1, -0.05) is 16.8 Å². The molecule has 0 saturated carbocycles. The second kappa shape index (κ2) is 6.54. The Bertz CT molecular complexity index is 558. The number of aromatic nitrogens is 2. The van der Waals surface area contributed by atoms with E-state index in [0.29, 0.717) is 23.3 Å². The minimum absolute atomic E-state index is 0. The smallest absolute Gasteiger partial charge is 0.241 e. The molecule has 1 unspecified atom stereocenters. The highest BCUT2D eigenvalue weighted by Gasteiger charge is 2.21. The highest BCUT2D eigenvalue weighted by molar-refractivity contribution is 6.30. The molecule has 2 heterocycles. The molecule has 3 rings (SSSR count). The number of nitrogens with zero attached hydrogens (tertiary/aromatic N) is 3. The third-order valence-corrected chi connectivity index (χ3v) is 3.49. The number of rotatable bonds is 3. The molecule has 1 aromatic carbocycles. The second-order valence-electron chi connectivity index (χ2n) is 4.80. The van der Waals surface area contributed by atoms with Gasteiger partial charge in [0, 0.05) is 29.7 Å². The van der Waals surface area contributed by atoms with Crippen molar-refractivity contribution in [2.45, 2.75) is 19.0 Å². The van der Waals surface area contributed by atoms with Crippen molar-refractivity contribution in [2.75, 3.05) is 13.1 Å². The van der Waals surface area contributed by atoms with Gasteiger partial charge in [-0.2, -0.15) is 4.98 Å². The largest absolute Gasteiger partial charge is 0.338 e. The van der Waals surface area contributed by atoms with Crippen molar-refractivity contribution in [1.29, 1.82) is 0 Å². The lowest BCUT2D eigenvalue weighted by Gasteiger charge is -2.10. The van der Waals surface area contributed by atoms with Crippen LogP contribution in [0, 0.1) is 0 Å². The van der Waals surface area contributed by atoms with Crippen molar-refractivity contribution >= 4 is 24.0 Å². The lowest BCUT2D eigenvalue weighted by Crippen LogP contribution is -2.26. The molecule has 2 aromatic rings. The van der Waals surface area contributed by atoms with E-state index in [1.807, 2.05) is 24.3 Å². The number of hydrogen-bond donors (Lipinski definition) is 1. The predicted molar refractivity (Wildman–Crippen MR) is 79.9 cm³/mol. The fourth-order valence-corrected chi connectivity index (χ4v) is 2.36. The molecule has 0 radical (unpaired) electrons. The maximum Gasteiger partial charge on any atom is 0.241 e. The first-order valence-corrected chi connectivity index (χ1v) is 6.65. The van der Waals surface area contributed by atoms with Crippen molar-refractivity contribution in [1.82, 2.24) is 15.0 Å². The summed E-state index contributed by atoms with van der Waals surface area (Å²) in [4.78, 5) is 6.62. The fraction of sp³-hybridized carbons (Fsp3) is 0.385. The van der Waals surface area contributed by atoms with E-state index in [1.54, 1.807) is 0 Å². The number of hydrogen-bond acceptors (Lipinski definition) is 5. The molecule has 1 saturated heterocycles. The fourth-order valence-electron chi connectivity index (χ4n) is 2.23. The normalized spacial score (nSPS) is 19.0. The first-order valence-electron chi connectivity index (χ1n) is 6.27. The molecule has 0 spiro atoms. The van der Waals surface area contributed by atoms with Gasteiger partial charge in [0.1, 0.15) is 0 Å². The van der Waals surface area contributed by atoms with Crippen LogP contribution < -0.4 is 5.73 Å². The Hall–Kier alpha value is -1.14. The van der Waals surface area contributed by atoms with Crippen molar-refractivity contribution in [2.24, 2.45) is 5.73 Å². The molecule has 0 bridgehead atoms. The minimum Gasteiger partial charge on any atom is -0.338 e. The van der Waals surface area contributed by atoms with Gasteiger partial charge in [0.25, 0.3) is 0 Å². The lowest BCUT2D eigenvalue weighted by atomic mass is 10.2. The Morgan fingerprint density at radius 3 is 2.75 bits per heavy atom. The summed E-state index contributed by atoms with van der Waals surface area (Å²) in [5, 5.41) is 4.68. The summed E-state index contributed by atoms with van der Waals surface area (Å²) in [6.07, 6.45) is 1.03. The van der Waals surface area contributed by atoms with Gasteiger partial charge < -0.3 is 10.3 Å². The molecule has 1 aliphatic rings. The maximum absolute atomic E-state index is 5.87. The maximum atomic E-state index is 5.87. The quantitative estimate of drug-likeness (QED) is 0.941. The number of nitrogens with two attached hydrogens (primary N) is 1. The Kier molecular flexibility index (Phi) is 4.99. The number of benzene rings is 1. The van der Waals surface area contributed by atoms with Crippen molar-refractivity contribution in [3.05, 3.63) is 35.2 Å². The van der Waals surface area contributed by atoms with E-state index in [1.165, 1.54) is 0 Å². The van der Waals surface area contributed by atoms with Crippen LogP contribution in [0.1, 0.15) is 12.3 Å². The summed E-state index contributed by atoms with van der Waals surface area (Å²) in [7, 11) is 0. The summed E-state index contributed by atoms with van der Waals surface area (Å²) in [5.41, 5.74) is 6.77. The summed E-state index contributed by atoms with van der Waals surface area (Å²) < 4.78 is 5.27. The highest BCUT2D eigenvalue weighted by Crippen LogP contribution is 2.19. The van der Waals surface area contributed by atoms with E-state index >= 15 is 0 Å². The van der Waals surface area contributed by atoms with Crippen molar-refractivity contribution in [3.63, 3.8) is 0 Å². The second-order valence-corrected chi connectivity index (χ2v) is 5.24. The van der Waals surface area contributed by atoms with Crippen molar-refractivity contribution < 1.29 is 4.52 Å². The van der Waals surface area contributed by atoms with E-state index in [2.05, 4.69) is 15.0 Å². The third kappa shape index (κ3) is 3.49. The summed E-state index contributed by atoms with van der Waals surface area (Å²) >= 11 is 5.85. The standard InChI is InChI=1S/C13H15ClN4O.ClH/c14-10-3-1-9(2-4-10)13-16-12(19-17-13)8-18-6-5-11(15)7-18;/h1-4,11H,5-8,15H2;1H. The molecule has 0 amide bonds. The van der Waals surface area contributed by atoms with Crippen LogP contribution in [0.5, 0.6) is 0 Å². The zero-order valence-corrected chi connectivity index (χ0v) is 12.4. The van der Waals surface area contributed by atoms with Crippen LogP contribution in [0.15, 0.2) is 28.8 Å². The molecule has 1 atom stereocenters. The Morgan fingerprint density at radius 1 is 1.35 bits per heavy atom. The van der Waals surface area contributed by atoms with Crippen LogP contribution in [0.25, 0.3) is 11.4 Å². The molecular weight excluding hydrogens is 299 g/mol. The number of halogens is 2. The molecule has 1 aliphatic heterocycles. The summed E-state index contributed by atoms with van der Waals surface area (Å²) in [5.74, 6) is 1.22. The molecule has 2 N–H and O–H groups in total. The van der Waals surface area contributed by atoms with Gasteiger partial charge in [0.15, 0.2) is 0 Å². The van der Waals surface area contributed by atoms with Gasteiger partial charge >= 0.3 is 0 Å². The zero-order valence-electron chi connectivity index (χ0n) is 10.8. The highest BCUT2D eigenvalue weighted by atomic mass is 35.5.